The summed E-state index contributed by atoms with van der Waals surface area (Å²) in [7, 11) is 1.87. The van der Waals surface area contributed by atoms with Crippen molar-refractivity contribution in [1.82, 2.24) is 9.78 Å². The first-order valence-corrected chi connectivity index (χ1v) is 5.15. The fourth-order valence-electron chi connectivity index (χ4n) is 1.62. The van der Waals surface area contributed by atoms with Gasteiger partial charge in [-0.05, 0) is 24.6 Å². The van der Waals surface area contributed by atoms with Gasteiger partial charge >= 0.3 is 0 Å². The molecule has 0 bridgehead atoms. The van der Waals surface area contributed by atoms with Gasteiger partial charge in [0.1, 0.15) is 5.82 Å². The van der Waals surface area contributed by atoms with Crippen molar-refractivity contribution >= 4 is 5.69 Å². The summed E-state index contributed by atoms with van der Waals surface area (Å²) in [4.78, 5) is 0. The monoisotopic (exact) mass is 219 g/mol. The van der Waals surface area contributed by atoms with E-state index >= 15 is 0 Å². The topological polar surface area (TPSA) is 29.9 Å². The van der Waals surface area contributed by atoms with Gasteiger partial charge in [-0.25, -0.2) is 4.39 Å². The van der Waals surface area contributed by atoms with Gasteiger partial charge in [-0.3, -0.25) is 4.68 Å². The molecule has 0 spiro atoms. The minimum Gasteiger partial charge on any atom is -0.385 e. The Morgan fingerprint density at radius 1 is 1.31 bits per heavy atom. The van der Waals surface area contributed by atoms with Crippen LogP contribution in [0.15, 0.2) is 30.5 Å². The molecular formula is C12H14FN3. The number of nitrogens with zero attached hydrogens (tertiary/aromatic N) is 2. The third kappa shape index (κ3) is 2.21. The molecule has 0 aliphatic heterocycles. The Morgan fingerprint density at radius 3 is 2.56 bits per heavy atom. The lowest BCUT2D eigenvalue weighted by molar-refractivity contribution is 0.624. The minimum absolute atomic E-state index is 0.212. The van der Waals surface area contributed by atoms with Crippen LogP contribution in [-0.2, 0) is 6.54 Å². The van der Waals surface area contributed by atoms with Crippen molar-refractivity contribution in [1.29, 1.82) is 0 Å². The molecule has 0 aliphatic carbocycles. The van der Waals surface area contributed by atoms with Crippen molar-refractivity contribution in [2.75, 3.05) is 12.4 Å². The Hall–Kier alpha value is -1.84. The third-order valence-electron chi connectivity index (χ3n) is 2.47. The van der Waals surface area contributed by atoms with Gasteiger partial charge < -0.3 is 5.32 Å². The first-order chi connectivity index (χ1) is 7.69. The second kappa shape index (κ2) is 4.35. The quantitative estimate of drug-likeness (QED) is 0.859. The van der Waals surface area contributed by atoms with Crippen molar-refractivity contribution in [2.45, 2.75) is 13.5 Å². The van der Waals surface area contributed by atoms with Crippen LogP contribution in [0, 0.1) is 12.7 Å². The normalized spacial score (nSPS) is 10.4. The predicted octanol–water partition coefficient (Wildman–Crippen LogP) is 2.42. The molecule has 1 heterocycles. The van der Waals surface area contributed by atoms with Gasteiger partial charge in [-0.2, -0.15) is 5.10 Å². The molecule has 2 aromatic rings. The average Bonchev–Trinajstić information content (AvgIpc) is 2.62. The van der Waals surface area contributed by atoms with Gasteiger partial charge in [0.05, 0.1) is 17.9 Å². The highest BCUT2D eigenvalue weighted by atomic mass is 19.1. The van der Waals surface area contributed by atoms with Crippen LogP contribution in [0.25, 0.3) is 0 Å². The zero-order valence-corrected chi connectivity index (χ0v) is 9.37. The van der Waals surface area contributed by atoms with Crippen LogP contribution in [-0.4, -0.2) is 16.8 Å². The van der Waals surface area contributed by atoms with Crippen LogP contribution in [0.3, 0.4) is 0 Å². The fourth-order valence-corrected chi connectivity index (χ4v) is 1.62. The summed E-state index contributed by atoms with van der Waals surface area (Å²) < 4.78 is 14.6. The lowest BCUT2D eigenvalue weighted by Crippen LogP contribution is -2.00. The maximum atomic E-state index is 12.7. The Bertz CT molecular complexity index is 474. The number of hydrogen-bond donors (Lipinski definition) is 1. The Kier molecular flexibility index (Phi) is 2.90. The van der Waals surface area contributed by atoms with Crippen LogP contribution >= 0.6 is 0 Å². The van der Waals surface area contributed by atoms with Crippen LogP contribution in [0.4, 0.5) is 10.1 Å². The predicted molar refractivity (Wildman–Crippen MR) is 62.0 cm³/mol. The highest BCUT2D eigenvalue weighted by Gasteiger charge is 2.03. The van der Waals surface area contributed by atoms with E-state index in [0.29, 0.717) is 6.54 Å². The molecule has 0 saturated heterocycles. The average molecular weight is 219 g/mol. The van der Waals surface area contributed by atoms with E-state index in [1.54, 1.807) is 12.1 Å². The summed E-state index contributed by atoms with van der Waals surface area (Å²) in [6, 6.07) is 6.46. The highest BCUT2D eigenvalue weighted by Crippen LogP contribution is 2.12. The number of halogens is 1. The molecule has 0 amide bonds. The van der Waals surface area contributed by atoms with E-state index in [2.05, 4.69) is 10.4 Å². The van der Waals surface area contributed by atoms with E-state index < -0.39 is 0 Å². The Morgan fingerprint density at radius 2 is 2.00 bits per heavy atom. The number of aromatic nitrogens is 2. The van der Waals surface area contributed by atoms with Gasteiger partial charge in [0.15, 0.2) is 0 Å². The molecule has 3 nitrogen and oxygen atoms in total. The standard InChI is InChI=1S/C12H14FN3/c1-9-12(14-2)8-16(15-9)7-10-3-5-11(13)6-4-10/h3-6,8,14H,7H2,1-2H3. The van der Waals surface area contributed by atoms with E-state index in [0.717, 1.165) is 16.9 Å². The summed E-state index contributed by atoms with van der Waals surface area (Å²) in [5.41, 5.74) is 3.01. The van der Waals surface area contributed by atoms with E-state index in [4.69, 9.17) is 0 Å². The van der Waals surface area contributed by atoms with Gasteiger partial charge in [-0.15, -0.1) is 0 Å². The third-order valence-corrected chi connectivity index (χ3v) is 2.47. The maximum Gasteiger partial charge on any atom is 0.123 e. The first-order valence-electron chi connectivity index (χ1n) is 5.15. The zero-order valence-electron chi connectivity index (χ0n) is 9.37. The molecule has 1 aromatic carbocycles. The molecular weight excluding hydrogens is 205 g/mol. The first kappa shape index (κ1) is 10.7. The smallest absolute Gasteiger partial charge is 0.123 e. The van der Waals surface area contributed by atoms with Gasteiger partial charge in [-0.1, -0.05) is 12.1 Å². The van der Waals surface area contributed by atoms with Crippen molar-refractivity contribution < 1.29 is 4.39 Å². The molecule has 1 aromatic heterocycles. The molecule has 0 unspecified atom stereocenters. The second-order valence-electron chi connectivity index (χ2n) is 3.70. The molecule has 4 heteroatoms. The second-order valence-corrected chi connectivity index (χ2v) is 3.70. The van der Waals surface area contributed by atoms with Crippen molar-refractivity contribution in [2.24, 2.45) is 0 Å². The molecule has 0 radical (unpaired) electrons. The molecule has 0 fully saturated rings. The van der Waals surface area contributed by atoms with Crippen LogP contribution in [0.5, 0.6) is 0 Å². The largest absolute Gasteiger partial charge is 0.385 e. The number of anilines is 1. The molecule has 16 heavy (non-hydrogen) atoms. The number of aryl methyl sites for hydroxylation is 1. The molecule has 0 aliphatic rings. The van der Waals surface area contributed by atoms with Gasteiger partial charge in [0, 0.05) is 13.2 Å². The Balaban J connectivity index is 2.17. The molecule has 84 valence electrons. The molecule has 1 N–H and O–H groups in total. The van der Waals surface area contributed by atoms with Crippen molar-refractivity contribution in [3.8, 4) is 0 Å². The van der Waals surface area contributed by atoms with Crippen molar-refractivity contribution in [3.63, 3.8) is 0 Å². The van der Waals surface area contributed by atoms with Crippen molar-refractivity contribution in [3.05, 3.63) is 47.5 Å². The summed E-state index contributed by atoms with van der Waals surface area (Å²) in [5, 5.41) is 7.43. The van der Waals surface area contributed by atoms with E-state index in [1.165, 1.54) is 12.1 Å². The number of hydrogen-bond acceptors (Lipinski definition) is 2. The number of rotatable bonds is 3. The van der Waals surface area contributed by atoms with Crippen LogP contribution < -0.4 is 5.32 Å². The summed E-state index contributed by atoms with van der Waals surface area (Å²) in [5.74, 6) is -0.212. The van der Waals surface area contributed by atoms with Crippen LogP contribution in [0.2, 0.25) is 0 Å². The maximum absolute atomic E-state index is 12.7. The minimum atomic E-state index is -0.212. The molecule has 0 saturated carbocycles. The van der Waals surface area contributed by atoms with Gasteiger partial charge in [0.2, 0.25) is 0 Å². The zero-order chi connectivity index (χ0) is 11.5. The number of benzene rings is 1. The van der Waals surface area contributed by atoms with E-state index in [1.807, 2.05) is 24.9 Å². The van der Waals surface area contributed by atoms with Gasteiger partial charge in [0.25, 0.3) is 0 Å². The lowest BCUT2D eigenvalue weighted by Gasteiger charge is -2.01. The summed E-state index contributed by atoms with van der Waals surface area (Å²) in [6.45, 7) is 2.61. The summed E-state index contributed by atoms with van der Waals surface area (Å²) in [6.07, 6.45) is 1.94. The lowest BCUT2D eigenvalue weighted by atomic mass is 10.2. The fraction of sp³-hybridized carbons (Fsp3) is 0.250. The van der Waals surface area contributed by atoms with E-state index in [9.17, 15) is 4.39 Å². The highest BCUT2D eigenvalue weighted by molar-refractivity contribution is 5.44. The number of nitrogens with one attached hydrogen (secondary N) is 1. The Labute approximate surface area is 93.9 Å². The van der Waals surface area contributed by atoms with Crippen LogP contribution in [0.1, 0.15) is 11.3 Å². The molecule has 0 atom stereocenters. The molecule has 2 rings (SSSR count). The SMILES string of the molecule is CNc1cn(Cc2ccc(F)cc2)nc1C. The van der Waals surface area contributed by atoms with E-state index in [-0.39, 0.29) is 5.82 Å². The summed E-state index contributed by atoms with van der Waals surface area (Å²) >= 11 is 0.